The van der Waals surface area contributed by atoms with Crippen molar-refractivity contribution >= 4 is 10.0 Å². The van der Waals surface area contributed by atoms with Gasteiger partial charge in [-0.15, -0.1) is 0 Å². The molecule has 0 saturated heterocycles. The van der Waals surface area contributed by atoms with Gasteiger partial charge < -0.3 is 14.2 Å². The zero-order chi connectivity index (χ0) is 18.6. The van der Waals surface area contributed by atoms with E-state index in [1.165, 1.54) is 12.1 Å². The predicted octanol–water partition coefficient (Wildman–Crippen LogP) is 2.94. The molecule has 0 radical (unpaired) electrons. The summed E-state index contributed by atoms with van der Waals surface area (Å²) in [7, 11) is -1.99. The largest absolute Gasteiger partial charge is 0.497 e. The molecule has 1 aliphatic rings. The van der Waals surface area contributed by atoms with Gasteiger partial charge in [0.15, 0.2) is 11.5 Å². The van der Waals surface area contributed by atoms with Gasteiger partial charge in [0.2, 0.25) is 10.0 Å². The Labute approximate surface area is 154 Å². The van der Waals surface area contributed by atoms with Crippen LogP contribution >= 0.6 is 0 Å². The van der Waals surface area contributed by atoms with Gasteiger partial charge in [0.25, 0.3) is 0 Å². The van der Waals surface area contributed by atoms with Crippen LogP contribution in [0.2, 0.25) is 0 Å². The molecule has 0 fully saturated rings. The molecule has 1 atom stereocenters. The van der Waals surface area contributed by atoms with Gasteiger partial charge in [-0.1, -0.05) is 13.0 Å². The standard InChI is InChI=1S/C19H23NO5S/c1-14(15-3-8-18-19(13-15)25-12-11-24-18)9-10-20-26(21,22)17-6-4-16(23-2)5-7-17/h3-8,13-14,20H,9-12H2,1-2H3. The predicted molar refractivity (Wildman–Crippen MR) is 98.6 cm³/mol. The van der Waals surface area contributed by atoms with Crippen LogP contribution in [0.15, 0.2) is 47.4 Å². The lowest BCUT2D eigenvalue weighted by Gasteiger charge is -2.20. The van der Waals surface area contributed by atoms with E-state index in [9.17, 15) is 8.42 Å². The molecule has 26 heavy (non-hydrogen) atoms. The number of fused-ring (bicyclic) bond motifs is 1. The maximum absolute atomic E-state index is 12.4. The van der Waals surface area contributed by atoms with Crippen molar-refractivity contribution in [1.82, 2.24) is 4.72 Å². The van der Waals surface area contributed by atoms with E-state index in [1.807, 2.05) is 18.2 Å². The summed E-state index contributed by atoms with van der Waals surface area (Å²) in [6.45, 7) is 3.53. The highest BCUT2D eigenvalue weighted by Gasteiger charge is 2.17. The summed E-state index contributed by atoms with van der Waals surface area (Å²) in [6, 6.07) is 12.2. The fourth-order valence-corrected chi connectivity index (χ4v) is 3.83. The first kappa shape index (κ1) is 18.5. The van der Waals surface area contributed by atoms with Gasteiger partial charge in [-0.2, -0.15) is 0 Å². The average Bonchev–Trinajstić information content (AvgIpc) is 2.67. The molecule has 0 aromatic heterocycles. The molecule has 0 aliphatic carbocycles. The summed E-state index contributed by atoms with van der Waals surface area (Å²) in [6.07, 6.45) is 0.676. The molecule has 1 aliphatic heterocycles. The normalized spacial score (nSPS) is 14.7. The van der Waals surface area contributed by atoms with Crippen molar-refractivity contribution in [1.29, 1.82) is 0 Å². The molecule has 1 N–H and O–H groups in total. The first-order valence-electron chi connectivity index (χ1n) is 8.53. The molecule has 0 saturated carbocycles. The molecular weight excluding hydrogens is 354 g/mol. The molecule has 3 rings (SSSR count). The molecule has 140 valence electrons. The van der Waals surface area contributed by atoms with Crippen LogP contribution in [0.25, 0.3) is 0 Å². The highest BCUT2D eigenvalue weighted by atomic mass is 32.2. The fraction of sp³-hybridized carbons (Fsp3) is 0.368. The first-order chi connectivity index (χ1) is 12.5. The Morgan fingerprint density at radius 1 is 1.08 bits per heavy atom. The van der Waals surface area contributed by atoms with Crippen molar-refractivity contribution in [3.05, 3.63) is 48.0 Å². The van der Waals surface area contributed by atoms with Crippen molar-refractivity contribution in [3.8, 4) is 17.2 Å². The molecule has 0 bridgehead atoms. The second-order valence-corrected chi connectivity index (χ2v) is 7.93. The highest BCUT2D eigenvalue weighted by Crippen LogP contribution is 2.33. The summed E-state index contributed by atoms with van der Waals surface area (Å²) in [5.41, 5.74) is 1.10. The molecule has 0 spiro atoms. The minimum absolute atomic E-state index is 0.185. The van der Waals surface area contributed by atoms with Crippen LogP contribution in [0.5, 0.6) is 17.2 Å². The topological polar surface area (TPSA) is 73.9 Å². The number of benzene rings is 2. The average molecular weight is 377 g/mol. The number of methoxy groups -OCH3 is 1. The lowest BCUT2D eigenvalue weighted by Crippen LogP contribution is -2.25. The maximum atomic E-state index is 12.4. The van der Waals surface area contributed by atoms with Crippen LogP contribution < -0.4 is 18.9 Å². The van der Waals surface area contributed by atoms with Gasteiger partial charge in [0.05, 0.1) is 12.0 Å². The van der Waals surface area contributed by atoms with Crippen LogP contribution in [0.1, 0.15) is 24.8 Å². The second-order valence-electron chi connectivity index (χ2n) is 6.17. The number of rotatable bonds is 7. The van der Waals surface area contributed by atoms with E-state index in [0.29, 0.717) is 31.9 Å². The summed E-state index contributed by atoms with van der Waals surface area (Å²) in [4.78, 5) is 0.227. The number of hydrogen-bond donors (Lipinski definition) is 1. The highest BCUT2D eigenvalue weighted by molar-refractivity contribution is 7.89. The number of nitrogens with one attached hydrogen (secondary N) is 1. The third-order valence-corrected chi connectivity index (χ3v) is 5.85. The van der Waals surface area contributed by atoms with Crippen LogP contribution in [-0.4, -0.2) is 35.3 Å². The molecule has 7 heteroatoms. The van der Waals surface area contributed by atoms with Gasteiger partial charge in [0, 0.05) is 6.54 Å². The second kappa shape index (κ2) is 7.97. The van der Waals surface area contributed by atoms with E-state index in [0.717, 1.165) is 17.1 Å². The van der Waals surface area contributed by atoms with Crippen LogP contribution in [0.4, 0.5) is 0 Å². The van der Waals surface area contributed by atoms with Crippen LogP contribution in [0.3, 0.4) is 0 Å². The fourth-order valence-electron chi connectivity index (χ4n) is 2.78. The maximum Gasteiger partial charge on any atom is 0.240 e. The lowest BCUT2D eigenvalue weighted by molar-refractivity contribution is 0.171. The first-order valence-corrected chi connectivity index (χ1v) is 10.0. The van der Waals surface area contributed by atoms with Gasteiger partial charge in [-0.3, -0.25) is 0 Å². The van der Waals surface area contributed by atoms with E-state index in [2.05, 4.69) is 11.6 Å². The number of ether oxygens (including phenoxy) is 3. The summed E-state index contributed by atoms with van der Waals surface area (Å²) in [5.74, 6) is 2.31. The third-order valence-electron chi connectivity index (χ3n) is 4.37. The Morgan fingerprint density at radius 3 is 2.46 bits per heavy atom. The Bertz CT molecular complexity index is 849. The molecule has 1 unspecified atom stereocenters. The molecule has 1 heterocycles. The minimum Gasteiger partial charge on any atom is -0.497 e. The van der Waals surface area contributed by atoms with Crippen LogP contribution in [-0.2, 0) is 10.0 Å². The Kier molecular flexibility index (Phi) is 5.68. The van der Waals surface area contributed by atoms with Crippen molar-refractivity contribution in [2.24, 2.45) is 0 Å². The third kappa shape index (κ3) is 4.28. The van der Waals surface area contributed by atoms with E-state index < -0.39 is 10.0 Å². The molecular formula is C19H23NO5S. The SMILES string of the molecule is COc1ccc(S(=O)(=O)NCCC(C)c2ccc3c(c2)OCCO3)cc1. The van der Waals surface area contributed by atoms with E-state index in [-0.39, 0.29) is 10.8 Å². The van der Waals surface area contributed by atoms with Gasteiger partial charge in [-0.05, 0) is 54.3 Å². The quantitative estimate of drug-likeness (QED) is 0.803. The van der Waals surface area contributed by atoms with E-state index >= 15 is 0 Å². The Balaban J connectivity index is 1.58. The van der Waals surface area contributed by atoms with Gasteiger partial charge >= 0.3 is 0 Å². The van der Waals surface area contributed by atoms with Crippen LogP contribution in [0, 0.1) is 0 Å². The van der Waals surface area contributed by atoms with Crippen molar-refractivity contribution in [2.45, 2.75) is 24.2 Å². The summed E-state index contributed by atoms with van der Waals surface area (Å²) < 4.78 is 43.5. The van der Waals surface area contributed by atoms with E-state index in [4.69, 9.17) is 14.2 Å². The number of hydrogen-bond acceptors (Lipinski definition) is 5. The number of sulfonamides is 1. The molecule has 0 amide bonds. The van der Waals surface area contributed by atoms with Crippen molar-refractivity contribution in [3.63, 3.8) is 0 Å². The zero-order valence-electron chi connectivity index (χ0n) is 14.9. The van der Waals surface area contributed by atoms with Gasteiger partial charge in [0.1, 0.15) is 19.0 Å². The summed E-state index contributed by atoms with van der Waals surface area (Å²) >= 11 is 0. The molecule has 2 aromatic rings. The Hall–Kier alpha value is -2.25. The monoisotopic (exact) mass is 377 g/mol. The molecule has 2 aromatic carbocycles. The van der Waals surface area contributed by atoms with E-state index in [1.54, 1.807) is 19.2 Å². The van der Waals surface area contributed by atoms with Gasteiger partial charge in [-0.25, -0.2) is 13.1 Å². The van der Waals surface area contributed by atoms with Crippen molar-refractivity contribution < 1.29 is 22.6 Å². The summed E-state index contributed by atoms with van der Waals surface area (Å²) in [5, 5.41) is 0. The van der Waals surface area contributed by atoms with Crippen molar-refractivity contribution in [2.75, 3.05) is 26.9 Å². The minimum atomic E-state index is -3.53. The smallest absolute Gasteiger partial charge is 0.240 e. The Morgan fingerprint density at radius 2 is 1.77 bits per heavy atom. The lowest BCUT2D eigenvalue weighted by atomic mass is 9.97. The zero-order valence-corrected chi connectivity index (χ0v) is 15.7. The molecule has 6 nitrogen and oxygen atoms in total.